The number of rotatable bonds is 8. The largest absolute Gasteiger partial charge is 0.344 e. The normalized spacial score (nSPS) is 12.1. The molecule has 0 aromatic heterocycles. The fraction of sp³-hybridized carbons (Fsp3) is 0.0952. The Bertz CT molecular complexity index is 1160. The molecule has 3 aromatic rings. The summed E-state index contributed by atoms with van der Waals surface area (Å²) in [7, 11) is 0. The highest BCUT2D eigenvalue weighted by atomic mass is 16.6. The molecule has 0 radical (unpaired) electrons. The van der Waals surface area contributed by atoms with E-state index in [1.165, 1.54) is 0 Å². The Kier molecular flexibility index (Phi) is 6.74. The van der Waals surface area contributed by atoms with Crippen molar-refractivity contribution in [3.63, 3.8) is 0 Å². The van der Waals surface area contributed by atoms with Crippen molar-refractivity contribution in [3.8, 4) is 0 Å². The summed E-state index contributed by atoms with van der Waals surface area (Å²) in [5.74, 6) is -0.792. The summed E-state index contributed by atoms with van der Waals surface area (Å²) in [5.41, 5.74) is 8.94. The van der Waals surface area contributed by atoms with Crippen molar-refractivity contribution in [1.82, 2.24) is 5.32 Å². The molecular weight excluding hydrogens is 416 g/mol. The Morgan fingerprint density at radius 1 is 0.875 bits per heavy atom. The number of nitrogens with one attached hydrogen (secondary N) is 1. The van der Waals surface area contributed by atoms with Gasteiger partial charge in [-0.05, 0) is 16.7 Å². The van der Waals surface area contributed by atoms with Gasteiger partial charge in [-0.3, -0.25) is 25.0 Å². The maximum Gasteiger partial charge on any atom is 0.277 e. The van der Waals surface area contributed by atoms with Gasteiger partial charge in [-0.2, -0.15) is 0 Å². The summed E-state index contributed by atoms with van der Waals surface area (Å²) >= 11 is 0. The first-order valence-corrected chi connectivity index (χ1v) is 9.29. The molecule has 0 aliphatic heterocycles. The van der Waals surface area contributed by atoms with E-state index in [9.17, 15) is 25.0 Å². The summed E-state index contributed by atoms with van der Waals surface area (Å²) < 4.78 is 0. The summed E-state index contributed by atoms with van der Waals surface area (Å²) in [6.07, 6.45) is 0. The number of carbonyl (C=O) groups is 1. The number of nitro groups is 2. The van der Waals surface area contributed by atoms with Crippen molar-refractivity contribution in [3.05, 3.63) is 126 Å². The van der Waals surface area contributed by atoms with Crippen molar-refractivity contribution in [2.45, 2.75) is 12.1 Å². The van der Waals surface area contributed by atoms with Crippen LogP contribution in [0.25, 0.3) is 10.4 Å². The standard InChI is InChI=1S/C21H16N6O5/c22-25-24-20(15-9-5-2-6-10-15)19(14-7-3-1-4-8-14)23-21(28)16-11-17(26(29)30)13-18(12-16)27(31)32/h1-13,19-20H,(H,23,28)/t19-,20-/m0/s1. The van der Waals surface area contributed by atoms with Gasteiger partial charge in [-0.25, -0.2) is 0 Å². The van der Waals surface area contributed by atoms with Gasteiger partial charge in [0.15, 0.2) is 0 Å². The van der Waals surface area contributed by atoms with Gasteiger partial charge in [0.1, 0.15) is 0 Å². The SMILES string of the molecule is [N-]=[N+]=N[C@@H](c1ccccc1)[C@@H](NC(=O)c1cc([N+](=O)[O-])cc([N+](=O)[O-])c1)c1ccccc1. The van der Waals surface area contributed by atoms with Crippen molar-refractivity contribution in [1.29, 1.82) is 0 Å². The molecule has 11 nitrogen and oxygen atoms in total. The number of nitrogens with zero attached hydrogens (tertiary/aromatic N) is 5. The maximum absolute atomic E-state index is 13.0. The van der Waals surface area contributed by atoms with E-state index >= 15 is 0 Å². The highest BCUT2D eigenvalue weighted by molar-refractivity contribution is 5.96. The number of azide groups is 1. The molecule has 0 spiro atoms. The van der Waals surface area contributed by atoms with E-state index in [1.807, 2.05) is 0 Å². The summed E-state index contributed by atoms with van der Waals surface area (Å²) in [4.78, 5) is 36.6. The maximum atomic E-state index is 13.0. The van der Waals surface area contributed by atoms with E-state index in [2.05, 4.69) is 15.3 Å². The Balaban J connectivity index is 2.06. The molecule has 32 heavy (non-hydrogen) atoms. The molecule has 0 unspecified atom stereocenters. The smallest absolute Gasteiger partial charge is 0.277 e. The van der Waals surface area contributed by atoms with Crippen LogP contribution in [-0.2, 0) is 0 Å². The molecule has 2 atom stereocenters. The first kappa shape index (κ1) is 21.9. The van der Waals surface area contributed by atoms with Gasteiger partial charge in [0.05, 0.1) is 33.6 Å². The van der Waals surface area contributed by atoms with E-state index < -0.39 is 39.2 Å². The Labute approximate surface area is 181 Å². The monoisotopic (exact) mass is 432 g/mol. The molecule has 0 aliphatic carbocycles. The molecule has 0 saturated carbocycles. The van der Waals surface area contributed by atoms with Crippen LogP contribution in [0.15, 0.2) is 84.0 Å². The van der Waals surface area contributed by atoms with Gasteiger partial charge >= 0.3 is 0 Å². The Morgan fingerprint density at radius 2 is 1.38 bits per heavy atom. The third kappa shape index (κ3) is 5.04. The van der Waals surface area contributed by atoms with Crippen LogP contribution < -0.4 is 5.32 Å². The van der Waals surface area contributed by atoms with Crippen LogP contribution in [0.5, 0.6) is 0 Å². The summed E-state index contributed by atoms with van der Waals surface area (Å²) in [6.45, 7) is 0. The minimum Gasteiger partial charge on any atom is -0.344 e. The second-order valence-electron chi connectivity index (χ2n) is 6.67. The first-order valence-electron chi connectivity index (χ1n) is 9.29. The topological polar surface area (TPSA) is 164 Å². The highest BCUT2D eigenvalue weighted by Gasteiger charge is 2.28. The van der Waals surface area contributed by atoms with Crippen LogP contribution >= 0.6 is 0 Å². The molecule has 3 rings (SSSR count). The molecule has 0 saturated heterocycles. The van der Waals surface area contributed by atoms with E-state index in [4.69, 9.17) is 5.53 Å². The fourth-order valence-corrected chi connectivity index (χ4v) is 3.20. The van der Waals surface area contributed by atoms with Gasteiger partial charge in [0.2, 0.25) is 0 Å². The number of carbonyl (C=O) groups excluding carboxylic acids is 1. The third-order valence-electron chi connectivity index (χ3n) is 4.66. The minimum atomic E-state index is -0.847. The molecule has 1 amide bonds. The van der Waals surface area contributed by atoms with Crippen LogP contribution in [0, 0.1) is 20.2 Å². The predicted octanol–water partition coefficient (Wildman–Crippen LogP) is 5.03. The first-order chi connectivity index (χ1) is 15.4. The van der Waals surface area contributed by atoms with Gasteiger partial charge in [0, 0.05) is 17.0 Å². The van der Waals surface area contributed by atoms with Gasteiger partial charge in [-0.1, -0.05) is 65.8 Å². The zero-order valence-corrected chi connectivity index (χ0v) is 16.4. The van der Waals surface area contributed by atoms with E-state index in [-0.39, 0.29) is 5.56 Å². The van der Waals surface area contributed by atoms with Crippen molar-refractivity contribution in [2.75, 3.05) is 0 Å². The van der Waals surface area contributed by atoms with Crippen LogP contribution in [0.2, 0.25) is 0 Å². The second-order valence-corrected chi connectivity index (χ2v) is 6.67. The molecule has 0 aliphatic rings. The number of amides is 1. The molecule has 0 fully saturated rings. The third-order valence-corrected chi connectivity index (χ3v) is 4.66. The average molecular weight is 432 g/mol. The molecule has 0 bridgehead atoms. The van der Waals surface area contributed by atoms with Crippen LogP contribution in [0.4, 0.5) is 11.4 Å². The lowest BCUT2D eigenvalue weighted by Gasteiger charge is -2.25. The number of non-ortho nitro benzene ring substituents is 2. The minimum absolute atomic E-state index is 0.264. The fourth-order valence-electron chi connectivity index (χ4n) is 3.20. The van der Waals surface area contributed by atoms with Gasteiger partial charge in [0.25, 0.3) is 17.3 Å². The molecular formula is C21H16N6O5. The average Bonchev–Trinajstić information content (AvgIpc) is 2.82. The lowest BCUT2D eigenvalue weighted by molar-refractivity contribution is -0.394. The number of nitro benzene ring substituents is 2. The molecule has 3 aromatic carbocycles. The summed E-state index contributed by atoms with van der Waals surface area (Å²) in [6, 6.07) is 18.5. The zero-order chi connectivity index (χ0) is 23.1. The van der Waals surface area contributed by atoms with Gasteiger partial charge in [-0.15, -0.1) is 0 Å². The van der Waals surface area contributed by atoms with E-state index in [1.54, 1.807) is 60.7 Å². The predicted molar refractivity (Wildman–Crippen MR) is 115 cm³/mol. The lowest BCUT2D eigenvalue weighted by Crippen LogP contribution is -2.32. The molecule has 160 valence electrons. The lowest BCUT2D eigenvalue weighted by atomic mass is 9.93. The highest BCUT2D eigenvalue weighted by Crippen LogP contribution is 2.33. The van der Waals surface area contributed by atoms with Crippen LogP contribution in [-0.4, -0.2) is 15.8 Å². The molecule has 1 N–H and O–H groups in total. The second kappa shape index (κ2) is 9.83. The van der Waals surface area contributed by atoms with E-state index in [0.29, 0.717) is 11.1 Å². The van der Waals surface area contributed by atoms with Gasteiger partial charge < -0.3 is 5.32 Å². The molecule has 0 heterocycles. The van der Waals surface area contributed by atoms with E-state index in [0.717, 1.165) is 18.2 Å². The molecule has 11 heteroatoms. The number of hydrogen-bond donors (Lipinski definition) is 1. The Hall–Kier alpha value is -4.76. The number of benzene rings is 3. The van der Waals surface area contributed by atoms with Crippen LogP contribution in [0.3, 0.4) is 0 Å². The van der Waals surface area contributed by atoms with Crippen molar-refractivity contribution < 1.29 is 14.6 Å². The quantitative estimate of drug-likeness (QED) is 0.173. The van der Waals surface area contributed by atoms with Crippen molar-refractivity contribution in [2.24, 2.45) is 5.11 Å². The number of hydrogen-bond acceptors (Lipinski definition) is 6. The zero-order valence-electron chi connectivity index (χ0n) is 16.4. The Morgan fingerprint density at radius 3 is 1.84 bits per heavy atom. The van der Waals surface area contributed by atoms with Crippen LogP contribution in [0.1, 0.15) is 33.6 Å². The summed E-state index contributed by atoms with van der Waals surface area (Å²) in [5, 5.41) is 28.9. The van der Waals surface area contributed by atoms with Crippen molar-refractivity contribution >= 4 is 17.3 Å².